The molecule has 1 aromatic rings. The highest BCUT2D eigenvalue weighted by atomic mass is 79.9. The van der Waals surface area contributed by atoms with Gasteiger partial charge in [0.15, 0.2) is 0 Å². The molecule has 1 fully saturated rings. The molecule has 1 N–H and O–H groups in total. The summed E-state index contributed by atoms with van der Waals surface area (Å²) in [5, 5.41) is 3.38. The number of hydrogen-bond donors (Lipinski definition) is 1. The van der Waals surface area contributed by atoms with Crippen LogP contribution in [0.25, 0.3) is 6.08 Å². The molecule has 1 aliphatic heterocycles. The zero-order chi connectivity index (χ0) is 21.3. The summed E-state index contributed by atoms with van der Waals surface area (Å²) >= 11 is 9.61. The fourth-order valence-corrected chi connectivity index (χ4v) is 2.94. The molecule has 8 heteroatoms. The van der Waals surface area contributed by atoms with Gasteiger partial charge in [0.2, 0.25) is 0 Å². The van der Waals surface area contributed by atoms with E-state index < -0.39 is 30.0 Å². The lowest BCUT2D eigenvalue weighted by atomic mass is 9.77. The summed E-state index contributed by atoms with van der Waals surface area (Å²) in [6.07, 6.45) is 1.42. The van der Waals surface area contributed by atoms with Crippen LogP contribution in [-0.2, 0) is 14.0 Å². The molecule has 1 amide bonds. The monoisotopic (exact) mass is 471 g/mol. The highest BCUT2D eigenvalue weighted by Crippen LogP contribution is 2.39. The molecule has 0 radical (unpaired) electrons. The van der Waals surface area contributed by atoms with Crippen LogP contribution in [0.3, 0.4) is 0 Å². The number of carbonyl (C=O) groups excluding carboxylic acids is 1. The van der Waals surface area contributed by atoms with Gasteiger partial charge >= 0.3 is 13.2 Å². The van der Waals surface area contributed by atoms with E-state index in [1.807, 2.05) is 72.7 Å². The molecule has 0 bridgehead atoms. The Kier molecular flexibility index (Phi) is 6.97. The van der Waals surface area contributed by atoms with Gasteiger partial charge in [-0.25, -0.2) is 4.79 Å². The number of amides is 1. The molecule has 0 aliphatic carbocycles. The average Bonchev–Trinajstić information content (AvgIpc) is 2.73. The topological polar surface area (TPSA) is 56.8 Å². The second-order valence-electron chi connectivity index (χ2n) is 8.84. The molecule has 0 saturated carbocycles. The van der Waals surface area contributed by atoms with E-state index in [1.54, 1.807) is 0 Å². The molecule has 154 valence electrons. The third kappa shape index (κ3) is 5.99. The van der Waals surface area contributed by atoms with Crippen LogP contribution >= 0.6 is 27.5 Å². The molecular formula is C20H28BBrClNO4. The van der Waals surface area contributed by atoms with Gasteiger partial charge in [-0.2, -0.15) is 0 Å². The van der Waals surface area contributed by atoms with E-state index in [-0.39, 0.29) is 6.54 Å². The highest BCUT2D eigenvalue weighted by Gasteiger charge is 2.52. The second-order valence-corrected chi connectivity index (χ2v) is 10.1. The van der Waals surface area contributed by atoms with Gasteiger partial charge in [0.05, 0.1) is 16.2 Å². The van der Waals surface area contributed by atoms with Gasteiger partial charge in [0.1, 0.15) is 5.60 Å². The molecule has 1 aromatic carbocycles. The van der Waals surface area contributed by atoms with Crippen molar-refractivity contribution in [2.45, 2.75) is 65.3 Å². The zero-order valence-corrected chi connectivity index (χ0v) is 19.8. The van der Waals surface area contributed by atoms with Crippen molar-refractivity contribution in [1.29, 1.82) is 0 Å². The summed E-state index contributed by atoms with van der Waals surface area (Å²) in [4.78, 5) is 12.1. The van der Waals surface area contributed by atoms with E-state index in [1.165, 1.54) is 0 Å². The summed E-state index contributed by atoms with van der Waals surface area (Å²) in [7, 11) is -0.595. The van der Waals surface area contributed by atoms with Gasteiger partial charge in [-0.1, -0.05) is 23.7 Å². The van der Waals surface area contributed by atoms with E-state index in [9.17, 15) is 4.79 Å². The van der Waals surface area contributed by atoms with Gasteiger partial charge in [0.25, 0.3) is 0 Å². The normalized spacial score (nSPS) is 18.9. The third-order valence-corrected chi connectivity index (χ3v) is 5.92. The summed E-state index contributed by atoms with van der Waals surface area (Å²) in [6, 6.07) is 5.64. The fourth-order valence-electron chi connectivity index (χ4n) is 2.50. The number of alkyl carbamates (subject to hydrolysis) is 1. The highest BCUT2D eigenvalue weighted by molar-refractivity contribution is 9.10. The van der Waals surface area contributed by atoms with Crippen molar-refractivity contribution in [2.75, 3.05) is 6.54 Å². The lowest BCUT2D eigenvalue weighted by Crippen LogP contribution is -2.41. The Bertz CT molecular complexity index is 758. The molecule has 1 heterocycles. The second kappa shape index (κ2) is 8.38. The van der Waals surface area contributed by atoms with Crippen LogP contribution in [0.4, 0.5) is 4.79 Å². The number of nitrogens with one attached hydrogen (secondary N) is 1. The van der Waals surface area contributed by atoms with Crippen LogP contribution in [0, 0.1) is 0 Å². The Balaban J connectivity index is 2.27. The van der Waals surface area contributed by atoms with E-state index in [0.717, 1.165) is 15.5 Å². The maximum absolute atomic E-state index is 12.1. The first-order chi connectivity index (χ1) is 12.7. The third-order valence-electron chi connectivity index (χ3n) is 4.69. The summed E-state index contributed by atoms with van der Waals surface area (Å²) in [5.41, 5.74) is 0.101. The van der Waals surface area contributed by atoms with Crippen LogP contribution < -0.4 is 5.32 Å². The molecule has 2 rings (SSSR count). The van der Waals surface area contributed by atoms with Gasteiger partial charge in [0, 0.05) is 11.0 Å². The minimum atomic E-state index is -0.595. The van der Waals surface area contributed by atoms with Crippen molar-refractivity contribution in [3.63, 3.8) is 0 Å². The maximum atomic E-state index is 12.1. The Hall–Kier alpha value is -1.02. The van der Waals surface area contributed by atoms with Crippen molar-refractivity contribution in [2.24, 2.45) is 0 Å². The lowest BCUT2D eigenvalue weighted by molar-refractivity contribution is 0.00578. The Morgan fingerprint density at radius 3 is 2.32 bits per heavy atom. The van der Waals surface area contributed by atoms with Gasteiger partial charge < -0.3 is 19.4 Å². The molecule has 0 aromatic heterocycles. The number of ether oxygens (including phenoxy) is 1. The van der Waals surface area contributed by atoms with E-state index in [2.05, 4.69) is 21.2 Å². The van der Waals surface area contributed by atoms with Gasteiger partial charge in [-0.05, 0) is 87.6 Å². The molecule has 0 unspecified atom stereocenters. The molecule has 1 aliphatic rings. The molecule has 0 spiro atoms. The molecule has 0 atom stereocenters. The number of rotatable bonds is 4. The first kappa shape index (κ1) is 23.3. The SMILES string of the molecule is CC(C)(C)OC(=O)NCC(=Cc1ccc(Br)c(Cl)c1)B1OC(C)(C)C(C)(C)O1. The first-order valence-corrected chi connectivity index (χ1v) is 10.4. The van der Waals surface area contributed by atoms with E-state index in [0.29, 0.717) is 5.02 Å². The van der Waals surface area contributed by atoms with Gasteiger partial charge in [-0.3, -0.25) is 0 Å². The van der Waals surface area contributed by atoms with Crippen molar-refractivity contribution >= 4 is 46.8 Å². The van der Waals surface area contributed by atoms with Crippen LogP contribution in [0.5, 0.6) is 0 Å². The number of hydrogen-bond acceptors (Lipinski definition) is 4. The Morgan fingerprint density at radius 2 is 1.82 bits per heavy atom. The van der Waals surface area contributed by atoms with E-state index >= 15 is 0 Å². The maximum Gasteiger partial charge on any atom is 0.492 e. The Labute approximate surface area is 181 Å². The van der Waals surface area contributed by atoms with E-state index in [4.69, 9.17) is 25.6 Å². The molecule has 5 nitrogen and oxygen atoms in total. The largest absolute Gasteiger partial charge is 0.492 e. The fraction of sp³-hybridized carbons (Fsp3) is 0.550. The Morgan fingerprint density at radius 1 is 1.25 bits per heavy atom. The smallest absolute Gasteiger partial charge is 0.444 e. The minimum Gasteiger partial charge on any atom is -0.444 e. The number of carbonyl (C=O) groups is 1. The average molecular weight is 473 g/mol. The van der Waals surface area contributed by atoms with Gasteiger partial charge in [-0.15, -0.1) is 0 Å². The van der Waals surface area contributed by atoms with Crippen LogP contribution in [0.1, 0.15) is 54.0 Å². The predicted octanol–water partition coefficient (Wildman–Crippen LogP) is 5.64. The first-order valence-electron chi connectivity index (χ1n) is 9.18. The van der Waals surface area contributed by atoms with Crippen molar-refractivity contribution < 1.29 is 18.8 Å². The van der Waals surface area contributed by atoms with Crippen LogP contribution in [-0.4, -0.2) is 36.6 Å². The molecular weight excluding hydrogens is 444 g/mol. The number of halogens is 2. The predicted molar refractivity (Wildman–Crippen MR) is 117 cm³/mol. The number of benzene rings is 1. The summed E-state index contributed by atoms with van der Waals surface area (Å²) in [5.74, 6) is 0. The van der Waals surface area contributed by atoms with Crippen molar-refractivity contribution in [1.82, 2.24) is 5.32 Å². The van der Waals surface area contributed by atoms with Crippen LogP contribution in [0.2, 0.25) is 5.02 Å². The summed E-state index contributed by atoms with van der Waals surface area (Å²) in [6.45, 7) is 13.6. The zero-order valence-electron chi connectivity index (χ0n) is 17.5. The minimum absolute atomic E-state index is 0.222. The summed E-state index contributed by atoms with van der Waals surface area (Å²) < 4.78 is 18.5. The van der Waals surface area contributed by atoms with Crippen LogP contribution in [0.15, 0.2) is 28.1 Å². The van der Waals surface area contributed by atoms with Crippen molar-refractivity contribution in [3.05, 3.63) is 38.7 Å². The molecule has 1 saturated heterocycles. The van der Waals surface area contributed by atoms with Crippen molar-refractivity contribution in [3.8, 4) is 0 Å². The quantitative estimate of drug-likeness (QED) is 0.576. The standard InChI is InChI=1S/C20H28BBrClNO4/c1-18(2,3)26-17(25)24-12-14(10-13-8-9-15(22)16(23)11-13)21-27-19(4,5)20(6,7)28-21/h8-11H,12H2,1-7H3,(H,24,25). The molecule has 28 heavy (non-hydrogen) atoms. The lowest BCUT2D eigenvalue weighted by Gasteiger charge is -2.32.